The largest absolute Gasteiger partial charge is 0.379 e. The Bertz CT molecular complexity index is 340. The minimum Gasteiger partial charge on any atom is -0.379 e. The molecule has 0 aromatic heterocycles. The molecule has 2 atom stereocenters. The highest BCUT2D eigenvalue weighted by Crippen LogP contribution is 2.10. The highest BCUT2D eigenvalue weighted by Gasteiger charge is 2.19. The second kappa shape index (κ2) is 20.4. The zero-order valence-electron chi connectivity index (χ0n) is 22.7. The molecule has 0 fully saturated rings. The van der Waals surface area contributed by atoms with Crippen molar-refractivity contribution < 1.29 is 4.74 Å². The summed E-state index contributed by atoms with van der Waals surface area (Å²) in [6.45, 7) is 31.2. The van der Waals surface area contributed by atoms with Gasteiger partial charge in [-0.1, -0.05) is 68.2 Å². The van der Waals surface area contributed by atoms with Crippen LogP contribution >= 0.6 is 0 Å². The fraction of sp³-hybridized carbons (Fsp3) is 1.00. The van der Waals surface area contributed by atoms with Crippen LogP contribution in [0.5, 0.6) is 0 Å². The van der Waals surface area contributed by atoms with E-state index in [1.807, 2.05) is 0 Å². The molecule has 5 heteroatoms. The van der Waals surface area contributed by atoms with Crippen molar-refractivity contribution in [3.8, 4) is 0 Å². The fourth-order valence-corrected chi connectivity index (χ4v) is 4.77. The van der Waals surface area contributed by atoms with E-state index >= 15 is 0 Å². The lowest BCUT2D eigenvalue weighted by atomic mass is 10.1. The van der Waals surface area contributed by atoms with Crippen molar-refractivity contribution in [1.82, 2.24) is 19.6 Å². The maximum Gasteiger partial charge on any atom is 0.0594 e. The Hall–Kier alpha value is -0.200. The van der Waals surface area contributed by atoms with Gasteiger partial charge in [0.05, 0.1) is 13.2 Å². The quantitative estimate of drug-likeness (QED) is 0.227. The Morgan fingerprint density at radius 1 is 0.516 bits per heavy atom. The van der Waals surface area contributed by atoms with Gasteiger partial charge in [0, 0.05) is 38.3 Å². The monoisotopic (exact) mass is 442 g/mol. The first-order chi connectivity index (χ1) is 15.0. The van der Waals surface area contributed by atoms with Gasteiger partial charge < -0.3 is 4.74 Å². The van der Waals surface area contributed by atoms with Crippen LogP contribution in [0.4, 0.5) is 0 Å². The Labute approximate surface area is 196 Å². The van der Waals surface area contributed by atoms with Gasteiger partial charge in [0.2, 0.25) is 0 Å². The van der Waals surface area contributed by atoms with E-state index < -0.39 is 0 Å². The average Bonchev–Trinajstić information content (AvgIpc) is 2.78. The van der Waals surface area contributed by atoms with Gasteiger partial charge in [-0.15, -0.1) is 0 Å². The van der Waals surface area contributed by atoms with Crippen molar-refractivity contribution in [2.45, 2.75) is 93.2 Å². The first-order valence-corrected chi connectivity index (χ1v) is 13.5. The van der Waals surface area contributed by atoms with Crippen molar-refractivity contribution in [1.29, 1.82) is 0 Å². The van der Waals surface area contributed by atoms with Crippen LogP contribution in [-0.4, -0.2) is 110 Å². The molecule has 31 heavy (non-hydrogen) atoms. The van der Waals surface area contributed by atoms with E-state index in [1.165, 1.54) is 38.8 Å². The van der Waals surface area contributed by atoms with Crippen molar-refractivity contribution in [3.05, 3.63) is 0 Å². The van der Waals surface area contributed by atoms with Gasteiger partial charge in [-0.25, -0.2) is 0 Å². The van der Waals surface area contributed by atoms with Gasteiger partial charge in [0.25, 0.3) is 0 Å². The van der Waals surface area contributed by atoms with E-state index in [2.05, 4.69) is 75.0 Å². The number of hydrogen-bond donors (Lipinski definition) is 0. The van der Waals surface area contributed by atoms with Gasteiger partial charge in [-0.2, -0.15) is 0 Å². The van der Waals surface area contributed by atoms with E-state index in [0.717, 1.165) is 65.6 Å². The Kier molecular flexibility index (Phi) is 20.3. The number of likely N-dealkylation sites (N-methyl/N-ethyl adjacent to an activating group) is 4. The summed E-state index contributed by atoms with van der Waals surface area (Å²) in [4.78, 5) is 10.4. The van der Waals surface area contributed by atoms with Crippen LogP contribution in [-0.2, 0) is 4.74 Å². The molecule has 0 heterocycles. The maximum absolute atomic E-state index is 6.10. The molecule has 0 aliphatic heterocycles. The van der Waals surface area contributed by atoms with Crippen molar-refractivity contribution in [2.24, 2.45) is 0 Å². The molecule has 0 amide bonds. The lowest BCUT2D eigenvalue weighted by molar-refractivity contribution is 0.0649. The van der Waals surface area contributed by atoms with Crippen LogP contribution in [0.3, 0.4) is 0 Å². The summed E-state index contributed by atoms with van der Waals surface area (Å²) in [5, 5.41) is 0. The molecule has 0 aromatic carbocycles. The Morgan fingerprint density at radius 3 is 1.13 bits per heavy atom. The summed E-state index contributed by atoms with van der Waals surface area (Å²) < 4.78 is 6.10. The Balaban J connectivity index is 4.42. The summed E-state index contributed by atoms with van der Waals surface area (Å²) in [5.74, 6) is 0. The molecule has 0 N–H and O–H groups in total. The molecular weight excluding hydrogens is 384 g/mol. The number of ether oxygens (including phenoxy) is 1. The Morgan fingerprint density at radius 2 is 0.871 bits per heavy atom. The molecule has 188 valence electrons. The molecule has 0 bridgehead atoms. The SMILES string of the molecule is CCCC(CN(CC)CCOCCN(CC)CC(CCC)N(CC)CC)N(CC)CC. The number of nitrogens with zero attached hydrogens (tertiary/aromatic N) is 4. The van der Waals surface area contributed by atoms with Crippen LogP contribution < -0.4 is 0 Å². The zero-order chi connectivity index (χ0) is 23.5. The predicted octanol–water partition coefficient (Wildman–Crippen LogP) is 4.67. The topological polar surface area (TPSA) is 22.2 Å². The number of rotatable bonds is 22. The third-order valence-corrected chi connectivity index (χ3v) is 6.84. The van der Waals surface area contributed by atoms with Gasteiger partial charge >= 0.3 is 0 Å². The summed E-state index contributed by atoms with van der Waals surface area (Å²) in [5.41, 5.74) is 0. The molecule has 5 nitrogen and oxygen atoms in total. The standard InChI is InChI=1S/C26H58N4O/c1-9-17-25(29(13-5)14-6)23-27(11-3)19-21-31-22-20-28(12-4)24-26(18-10-2)30(15-7)16-8/h25-26H,9-24H2,1-8H3. The molecule has 0 saturated heterocycles. The van der Waals surface area contributed by atoms with E-state index in [-0.39, 0.29) is 0 Å². The minimum atomic E-state index is 0.672. The second-order valence-corrected chi connectivity index (χ2v) is 8.73. The second-order valence-electron chi connectivity index (χ2n) is 8.73. The highest BCUT2D eigenvalue weighted by molar-refractivity contribution is 4.75. The molecule has 0 saturated carbocycles. The highest BCUT2D eigenvalue weighted by atomic mass is 16.5. The average molecular weight is 443 g/mol. The fourth-order valence-electron chi connectivity index (χ4n) is 4.77. The summed E-state index contributed by atoms with van der Waals surface area (Å²) in [6, 6.07) is 1.34. The maximum atomic E-state index is 6.10. The lowest BCUT2D eigenvalue weighted by Crippen LogP contribution is -2.45. The molecule has 0 spiro atoms. The zero-order valence-corrected chi connectivity index (χ0v) is 22.7. The first kappa shape index (κ1) is 30.8. The minimum absolute atomic E-state index is 0.672. The summed E-state index contributed by atoms with van der Waals surface area (Å²) >= 11 is 0. The van der Waals surface area contributed by atoms with Crippen molar-refractivity contribution in [2.75, 3.05) is 78.7 Å². The van der Waals surface area contributed by atoms with Gasteiger partial charge in [-0.3, -0.25) is 19.6 Å². The van der Waals surface area contributed by atoms with Gasteiger partial charge in [-0.05, 0) is 52.1 Å². The molecule has 0 aliphatic rings. The number of hydrogen-bond acceptors (Lipinski definition) is 5. The normalized spacial score (nSPS) is 14.3. The van der Waals surface area contributed by atoms with Gasteiger partial charge in [0.15, 0.2) is 0 Å². The van der Waals surface area contributed by atoms with Crippen molar-refractivity contribution >= 4 is 0 Å². The third kappa shape index (κ3) is 13.2. The van der Waals surface area contributed by atoms with Crippen LogP contribution in [0.15, 0.2) is 0 Å². The third-order valence-electron chi connectivity index (χ3n) is 6.84. The lowest BCUT2D eigenvalue weighted by Gasteiger charge is -2.34. The molecule has 0 radical (unpaired) electrons. The van der Waals surface area contributed by atoms with E-state index in [1.54, 1.807) is 0 Å². The molecule has 2 unspecified atom stereocenters. The van der Waals surface area contributed by atoms with Crippen LogP contribution in [0, 0.1) is 0 Å². The van der Waals surface area contributed by atoms with E-state index in [4.69, 9.17) is 4.74 Å². The van der Waals surface area contributed by atoms with E-state index in [0.29, 0.717) is 12.1 Å². The molecule has 0 aromatic rings. The van der Waals surface area contributed by atoms with Crippen LogP contribution in [0.2, 0.25) is 0 Å². The predicted molar refractivity (Wildman–Crippen MR) is 138 cm³/mol. The molecular formula is C26H58N4O. The summed E-state index contributed by atoms with van der Waals surface area (Å²) in [7, 11) is 0. The summed E-state index contributed by atoms with van der Waals surface area (Å²) in [6.07, 6.45) is 5.09. The van der Waals surface area contributed by atoms with E-state index in [9.17, 15) is 0 Å². The first-order valence-electron chi connectivity index (χ1n) is 13.5. The van der Waals surface area contributed by atoms with Crippen LogP contribution in [0.1, 0.15) is 81.1 Å². The molecule has 0 aliphatic carbocycles. The van der Waals surface area contributed by atoms with Gasteiger partial charge in [0.1, 0.15) is 0 Å². The van der Waals surface area contributed by atoms with Crippen molar-refractivity contribution in [3.63, 3.8) is 0 Å². The molecule has 0 rings (SSSR count). The van der Waals surface area contributed by atoms with Crippen LogP contribution in [0.25, 0.3) is 0 Å². The smallest absolute Gasteiger partial charge is 0.0594 e.